The standard InChI is InChI=1S/C11H19NO/c1-11(2,3)10(13)12-8-4-5-9(12)7-6-8/h8-9H,4-7H2,1-3H3. The average Bonchev–Trinajstić information content (AvgIpc) is 2.59. The second-order valence-electron chi connectivity index (χ2n) is 5.42. The Morgan fingerprint density at radius 3 is 1.77 bits per heavy atom. The fraction of sp³-hybridized carbons (Fsp3) is 0.909. The van der Waals surface area contributed by atoms with Crippen LogP contribution >= 0.6 is 0 Å². The molecule has 2 aliphatic heterocycles. The smallest absolute Gasteiger partial charge is 0.228 e. The highest BCUT2D eigenvalue weighted by Gasteiger charge is 2.44. The number of carbonyl (C=O) groups excluding carboxylic acids is 1. The van der Waals surface area contributed by atoms with E-state index in [4.69, 9.17) is 0 Å². The highest BCUT2D eigenvalue weighted by atomic mass is 16.2. The first-order chi connectivity index (χ1) is 6.00. The van der Waals surface area contributed by atoms with Gasteiger partial charge < -0.3 is 4.90 Å². The van der Waals surface area contributed by atoms with Crippen molar-refractivity contribution in [3.63, 3.8) is 0 Å². The number of carbonyl (C=O) groups is 1. The van der Waals surface area contributed by atoms with E-state index in [0.717, 1.165) is 0 Å². The maximum Gasteiger partial charge on any atom is 0.228 e. The van der Waals surface area contributed by atoms with E-state index in [1.165, 1.54) is 25.7 Å². The fourth-order valence-corrected chi connectivity index (χ4v) is 2.63. The molecule has 13 heavy (non-hydrogen) atoms. The summed E-state index contributed by atoms with van der Waals surface area (Å²) >= 11 is 0. The number of nitrogens with zero attached hydrogens (tertiary/aromatic N) is 1. The molecule has 0 saturated carbocycles. The van der Waals surface area contributed by atoms with Crippen LogP contribution < -0.4 is 0 Å². The van der Waals surface area contributed by atoms with Crippen molar-refractivity contribution in [1.29, 1.82) is 0 Å². The lowest BCUT2D eigenvalue weighted by atomic mass is 9.94. The summed E-state index contributed by atoms with van der Waals surface area (Å²) in [6, 6.07) is 1.16. The van der Waals surface area contributed by atoms with Crippen molar-refractivity contribution in [3.8, 4) is 0 Å². The van der Waals surface area contributed by atoms with Crippen LogP contribution in [0.15, 0.2) is 0 Å². The zero-order chi connectivity index (χ0) is 9.64. The number of amides is 1. The SMILES string of the molecule is CC(C)(C)C(=O)N1C2CCC1CC2. The molecule has 0 radical (unpaired) electrons. The van der Waals surface area contributed by atoms with E-state index >= 15 is 0 Å². The summed E-state index contributed by atoms with van der Waals surface area (Å²) in [5.74, 6) is 0.359. The lowest BCUT2D eigenvalue weighted by molar-refractivity contribution is -0.140. The summed E-state index contributed by atoms with van der Waals surface area (Å²) in [5, 5.41) is 0. The molecule has 0 aromatic rings. The van der Waals surface area contributed by atoms with E-state index in [-0.39, 0.29) is 5.41 Å². The molecular weight excluding hydrogens is 162 g/mol. The topological polar surface area (TPSA) is 20.3 Å². The molecule has 2 nitrogen and oxygen atoms in total. The van der Waals surface area contributed by atoms with Crippen LogP contribution in [0.25, 0.3) is 0 Å². The summed E-state index contributed by atoms with van der Waals surface area (Å²) in [4.78, 5) is 14.2. The molecule has 0 spiro atoms. The van der Waals surface area contributed by atoms with Gasteiger partial charge >= 0.3 is 0 Å². The maximum atomic E-state index is 12.1. The summed E-state index contributed by atoms with van der Waals surface area (Å²) < 4.78 is 0. The Morgan fingerprint density at radius 1 is 1.08 bits per heavy atom. The average molecular weight is 181 g/mol. The second kappa shape index (κ2) is 2.73. The molecule has 2 bridgehead atoms. The Hall–Kier alpha value is -0.530. The van der Waals surface area contributed by atoms with Gasteiger partial charge in [0.15, 0.2) is 0 Å². The van der Waals surface area contributed by atoms with Gasteiger partial charge in [0.2, 0.25) is 5.91 Å². The maximum absolute atomic E-state index is 12.1. The van der Waals surface area contributed by atoms with Gasteiger partial charge in [-0.1, -0.05) is 20.8 Å². The van der Waals surface area contributed by atoms with E-state index in [9.17, 15) is 4.79 Å². The minimum atomic E-state index is -0.189. The molecule has 2 saturated heterocycles. The van der Waals surface area contributed by atoms with E-state index in [1.54, 1.807) is 0 Å². The predicted octanol–water partition coefficient (Wildman–Crippen LogP) is 2.19. The molecule has 2 fully saturated rings. The normalized spacial score (nSPS) is 32.7. The quantitative estimate of drug-likeness (QED) is 0.561. The third-order valence-corrected chi connectivity index (χ3v) is 3.33. The highest BCUT2D eigenvalue weighted by molar-refractivity contribution is 5.82. The van der Waals surface area contributed by atoms with E-state index in [1.807, 2.05) is 20.8 Å². The molecule has 1 amide bonds. The van der Waals surface area contributed by atoms with Crippen LogP contribution in [0.2, 0.25) is 0 Å². The van der Waals surface area contributed by atoms with Crippen LogP contribution in [0.4, 0.5) is 0 Å². The van der Waals surface area contributed by atoms with Crippen LogP contribution in [0.1, 0.15) is 46.5 Å². The molecule has 0 N–H and O–H groups in total. The molecule has 0 aliphatic carbocycles. The van der Waals surface area contributed by atoms with E-state index < -0.39 is 0 Å². The minimum absolute atomic E-state index is 0.189. The summed E-state index contributed by atoms with van der Waals surface area (Å²) in [6.07, 6.45) is 4.97. The van der Waals surface area contributed by atoms with Crippen molar-refractivity contribution >= 4 is 5.91 Å². The van der Waals surface area contributed by atoms with Crippen molar-refractivity contribution < 1.29 is 4.79 Å². The molecule has 2 rings (SSSR count). The molecule has 0 atom stereocenters. The van der Waals surface area contributed by atoms with Crippen LogP contribution in [0, 0.1) is 5.41 Å². The largest absolute Gasteiger partial charge is 0.336 e. The zero-order valence-corrected chi connectivity index (χ0v) is 8.84. The van der Waals surface area contributed by atoms with Gasteiger partial charge in [0, 0.05) is 17.5 Å². The summed E-state index contributed by atoms with van der Waals surface area (Å²) in [7, 11) is 0. The predicted molar refractivity (Wildman–Crippen MR) is 52.3 cm³/mol. The van der Waals surface area contributed by atoms with Crippen molar-refractivity contribution in [3.05, 3.63) is 0 Å². The van der Waals surface area contributed by atoms with E-state index in [2.05, 4.69) is 4.90 Å². The van der Waals surface area contributed by atoms with Gasteiger partial charge in [-0.2, -0.15) is 0 Å². The van der Waals surface area contributed by atoms with Gasteiger partial charge in [-0.25, -0.2) is 0 Å². The molecule has 0 unspecified atom stereocenters. The van der Waals surface area contributed by atoms with Crippen molar-refractivity contribution in [2.45, 2.75) is 58.5 Å². The number of hydrogen-bond donors (Lipinski definition) is 0. The Balaban J connectivity index is 2.14. The molecule has 2 heterocycles. The van der Waals surface area contributed by atoms with Gasteiger partial charge in [-0.05, 0) is 25.7 Å². The lowest BCUT2D eigenvalue weighted by Gasteiger charge is -2.29. The van der Waals surface area contributed by atoms with Crippen LogP contribution in [0.5, 0.6) is 0 Å². The summed E-state index contributed by atoms with van der Waals surface area (Å²) in [6.45, 7) is 6.06. The van der Waals surface area contributed by atoms with Gasteiger partial charge in [0.1, 0.15) is 0 Å². The Bertz CT molecular complexity index is 209. The fourth-order valence-electron chi connectivity index (χ4n) is 2.63. The third kappa shape index (κ3) is 1.36. The zero-order valence-electron chi connectivity index (χ0n) is 8.84. The first-order valence-electron chi connectivity index (χ1n) is 5.33. The second-order valence-corrected chi connectivity index (χ2v) is 5.42. The first-order valence-corrected chi connectivity index (χ1v) is 5.33. The Labute approximate surface area is 80.3 Å². The van der Waals surface area contributed by atoms with E-state index in [0.29, 0.717) is 18.0 Å². The van der Waals surface area contributed by atoms with Gasteiger partial charge in [0.25, 0.3) is 0 Å². The number of hydrogen-bond acceptors (Lipinski definition) is 1. The third-order valence-electron chi connectivity index (χ3n) is 3.33. The van der Waals surface area contributed by atoms with Crippen molar-refractivity contribution in [2.75, 3.05) is 0 Å². The van der Waals surface area contributed by atoms with Crippen LogP contribution in [-0.4, -0.2) is 22.9 Å². The van der Waals surface area contributed by atoms with Gasteiger partial charge in [0.05, 0.1) is 0 Å². The number of rotatable bonds is 0. The van der Waals surface area contributed by atoms with Crippen molar-refractivity contribution in [2.24, 2.45) is 5.41 Å². The monoisotopic (exact) mass is 181 g/mol. The molecule has 2 heteroatoms. The molecular formula is C11H19NO. The Morgan fingerprint density at radius 2 is 1.46 bits per heavy atom. The van der Waals surface area contributed by atoms with Crippen LogP contribution in [0.3, 0.4) is 0 Å². The molecule has 2 aliphatic rings. The first kappa shape index (κ1) is 9.04. The van der Waals surface area contributed by atoms with Crippen molar-refractivity contribution in [1.82, 2.24) is 4.90 Å². The van der Waals surface area contributed by atoms with Crippen LogP contribution in [-0.2, 0) is 4.79 Å². The molecule has 0 aromatic heterocycles. The Kier molecular flexibility index (Phi) is 1.90. The molecule has 74 valence electrons. The van der Waals surface area contributed by atoms with Gasteiger partial charge in [-0.15, -0.1) is 0 Å². The lowest BCUT2D eigenvalue weighted by Crippen LogP contribution is -2.42. The summed E-state index contributed by atoms with van der Waals surface area (Å²) in [5.41, 5.74) is -0.189. The number of fused-ring (bicyclic) bond motifs is 2. The molecule has 0 aromatic carbocycles. The van der Waals surface area contributed by atoms with Gasteiger partial charge in [-0.3, -0.25) is 4.79 Å². The highest BCUT2D eigenvalue weighted by Crippen LogP contribution is 2.39. The minimum Gasteiger partial charge on any atom is -0.336 e.